The van der Waals surface area contributed by atoms with Gasteiger partial charge in [-0.25, -0.2) is 4.79 Å². The predicted molar refractivity (Wildman–Crippen MR) is 124 cm³/mol. The molecule has 1 heterocycles. The monoisotopic (exact) mass is 456 g/mol. The van der Waals surface area contributed by atoms with Crippen LogP contribution in [0, 0.1) is 0 Å². The molecule has 4 rings (SSSR count). The Morgan fingerprint density at radius 1 is 0.968 bits per heavy atom. The number of anilines is 1. The summed E-state index contributed by atoms with van der Waals surface area (Å²) in [6.45, 7) is 0.551. The number of benzene rings is 3. The fourth-order valence-electron chi connectivity index (χ4n) is 3.93. The fraction of sp³-hybridized carbons (Fsp3) is 0.208. The molecule has 1 atom stereocenters. The van der Waals surface area contributed by atoms with E-state index in [2.05, 4.69) is 5.32 Å². The summed E-state index contributed by atoms with van der Waals surface area (Å²) in [5, 5.41) is 3.78. The summed E-state index contributed by atoms with van der Waals surface area (Å²) in [6, 6.07) is 18.5. The number of halogens is 2. The van der Waals surface area contributed by atoms with E-state index < -0.39 is 0 Å². The molecule has 0 spiro atoms. The third kappa shape index (κ3) is 4.29. The lowest BCUT2D eigenvalue weighted by molar-refractivity contribution is 0.193. The molecule has 0 radical (unpaired) electrons. The van der Waals surface area contributed by atoms with Crippen LogP contribution in [0.3, 0.4) is 0 Å². The zero-order chi connectivity index (χ0) is 22.0. The van der Waals surface area contributed by atoms with E-state index in [0.29, 0.717) is 40.2 Å². The summed E-state index contributed by atoms with van der Waals surface area (Å²) in [4.78, 5) is 15.1. The topological polar surface area (TPSA) is 50.8 Å². The molecule has 160 valence electrons. The van der Waals surface area contributed by atoms with Gasteiger partial charge in [0.05, 0.1) is 30.3 Å². The average molecular weight is 457 g/mol. The Kier molecular flexibility index (Phi) is 6.25. The second kappa shape index (κ2) is 9.08. The number of carbonyl (C=O) groups is 1. The molecule has 1 unspecified atom stereocenters. The largest absolute Gasteiger partial charge is 0.493 e. The maximum Gasteiger partial charge on any atom is 0.322 e. The SMILES string of the molecule is COc1cc2c(cc1OC)C(c1ccccc1)N(C(=O)Nc1ccc(Cl)c(Cl)c1)CC2. The molecule has 0 aromatic heterocycles. The van der Waals surface area contributed by atoms with Crippen LogP contribution in [-0.4, -0.2) is 31.7 Å². The number of hydrogen-bond acceptors (Lipinski definition) is 3. The van der Waals surface area contributed by atoms with Crippen molar-refractivity contribution in [3.05, 3.63) is 87.4 Å². The lowest BCUT2D eigenvalue weighted by Gasteiger charge is -2.38. The van der Waals surface area contributed by atoms with Gasteiger partial charge in [0.1, 0.15) is 0 Å². The predicted octanol–water partition coefficient (Wildman–Crippen LogP) is 6.19. The number of nitrogens with one attached hydrogen (secondary N) is 1. The number of rotatable bonds is 4. The van der Waals surface area contributed by atoms with Gasteiger partial charge in [0.15, 0.2) is 11.5 Å². The quantitative estimate of drug-likeness (QED) is 0.508. The van der Waals surface area contributed by atoms with Gasteiger partial charge in [0.25, 0.3) is 0 Å². The highest BCUT2D eigenvalue weighted by atomic mass is 35.5. The molecule has 5 nitrogen and oxygen atoms in total. The molecular weight excluding hydrogens is 435 g/mol. The van der Waals surface area contributed by atoms with Gasteiger partial charge >= 0.3 is 6.03 Å². The third-order valence-electron chi connectivity index (χ3n) is 5.42. The van der Waals surface area contributed by atoms with Crippen LogP contribution in [0.1, 0.15) is 22.7 Å². The van der Waals surface area contributed by atoms with E-state index in [-0.39, 0.29) is 12.1 Å². The molecule has 0 fully saturated rings. The molecule has 1 N–H and O–H groups in total. The Bertz CT molecular complexity index is 1110. The van der Waals surface area contributed by atoms with Crippen molar-refractivity contribution < 1.29 is 14.3 Å². The number of amides is 2. The molecule has 0 aliphatic carbocycles. The van der Waals surface area contributed by atoms with Crippen LogP contribution in [0.2, 0.25) is 10.0 Å². The Hall–Kier alpha value is -2.89. The average Bonchev–Trinajstić information content (AvgIpc) is 2.80. The first-order chi connectivity index (χ1) is 15.0. The maximum absolute atomic E-state index is 13.3. The molecule has 1 aliphatic rings. The zero-order valence-electron chi connectivity index (χ0n) is 17.2. The second-order valence-corrected chi connectivity index (χ2v) is 8.04. The van der Waals surface area contributed by atoms with E-state index in [1.807, 2.05) is 47.4 Å². The number of urea groups is 1. The number of nitrogens with zero attached hydrogens (tertiary/aromatic N) is 1. The molecule has 0 saturated carbocycles. The molecule has 0 bridgehead atoms. The van der Waals surface area contributed by atoms with Gasteiger partial charge in [-0.2, -0.15) is 0 Å². The Balaban J connectivity index is 1.74. The van der Waals surface area contributed by atoms with Crippen LogP contribution in [-0.2, 0) is 6.42 Å². The van der Waals surface area contributed by atoms with Crippen LogP contribution < -0.4 is 14.8 Å². The van der Waals surface area contributed by atoms with Gasteiger partial charge in [-0.1, -0.05) is 53.5 Å². The molecular formula is C24H22Cl2N2O3. The first-order valence-corrected chi connectivity index (χ1v) is 10.6. The molecule has 1 aliphatic heterocycles. The Labute approximate surface area is 191 Å². The van der Waals surface area contributed by atoms with Crippen LogP contribution in [0.25, 0.3) is 0 Å². The highest BCUT2D eigenvalue weighted by Gasteiger charge is 2.33. The first-order valence-electron chi connectivity index (χ1n) is 9.84. The Morgan fingerprint density at radius 3 is 2.35 bits per heavy atom. The van der Waals surface area contributed by atoms with E-state index in [9.17, 15) is 4.79 Å². The van der Waals surface area contributed by atoms with E-state index in [1.165, 1.54) is 0 Å². The van der Waals surface area contributed by atoms with Gasteiger partial charge < -0.3 is 19.7 Å². The zero-order valence-corrected chi connectivity index (χ0v) is 18.7. The first kappa shape index (κ1) is 21.3. The van der Waals surface area contributed by atoms with Crippen molar-refractivity contribution in [2.75, 3.05) is 26.1 Å². The number of fused-ring (bicyclic) bond motifs is 1. The van der Waals surface area contributed by atoms with Crippen molar-refractivity contribution in [3.63, 3.8) is 0 Å². The minimum Gasteiger partial charge on any atom is -0.493 e. The molecule has 2 amide bonds. The minimum absolute atomic E-state index is 0.215. The van der Waals surface area contributed by atoms with Crippen LogP contribution in [0.5, 0.6) is 11.5 Å². The number of ether oxygens (including phenoxy) is 2. The van der Waals surface area contributed by atoms with Crippen molar-refractivity contribution in [1.29, 1.82) is 0 Å². The van der Waals surface area contributed by atoms with Gasteiger partial charge in [0.2, 0.25) is 0 Å². The van der Waals surface area contributed by atoms with E-state index >= 15 is 0 Å². The van der Waals surface area contributed by atoms with Crippen molar-refractivity contribution >= 4 is 34.9 Å². The van der Waals surface area contributed by atoms with Crippen molar-refractivity contribution in [3.8, 4) is 11.5 Å². The molecule has 31 heavy (non-hydrogen) atoms. The molecule has 0 saturated heterocycles. The van der Waals surface area contributed by atoms with Gasteiger partial charge in [-0.05, 0) is 53.4 Å². The van der Waals surface area contributed by atoms with Crippen molar-refractivity contribution in [2.45, 2.75) is 12.5 Å². The van der Waals surface area contributed by atoms with Crippen LogP contribution >= 0.6 is 23.2 Å². The smallest absolute Gasteiger partial charge is 0.322 e. The van der Waals surface area contributed by atoms with E-state index in [4.69, 9.17) is 32.7 Å². The minimum atomic E-state index is -0.271. The lowest BCUT2D eigenvalue weighted by atomic mass is 9.88. The number of carbonyl (C=O) groups excluding carboxylic acids is 1. The van der Waals surface area contributed by atoms with Gasteiger partial charge in [-0.3, -0.25) is 0 Å². The lowest BCUT2D eigenvalue weighted by Crippen LogP contribution is -2.43. The fourth-order valence-corrected chi connectivity index (χ4v) is 4.23. The molecule has 3 aromatic carbocycles. The summed E-state index contributed by atoms with van der Waals surface area (Å²) >= 11 is 12.1. The van der Waals surface area contributed by atoms with E-state index in [0.717, 1.165) is 16.7 Å². The highest BCUT2D eigenvalue weighted by Crippen LogP contribution is 2.41. The van der Waals surface area contributed by atoms with E-state index in [1.54, 1.807) is 32.4 Å². The molecule has 7 heteroatoms. The number of methoxy groups -OCH3 is 2. The van der Waals surface area contributed by atoms with Gasteiger partial charge in [-0.15, -0.1) is 0 Å². The number of hydrogen-bond donors (Lipinski definition) is 1. The van der Waals surface area contributed by atoms with Crippen molar-refractivity contribution in [1.82, 2.24) is 4.90 Å². The van der Waals surface area contributed by atoms with Crippen LogP contribution in [0.15, 0.2) is 60.7 Å². The molecule has 3 aromatic rings. The normalized spacial score (nSPS) is 15.2. The van der Waals surface area contributed by atoms with Crippen LogP contribution in [0.4, 0.5) is 10.5 Å². The maximum atomic E-state index is 13.3. The summed E-state index contributed by atoms with van der Waals surface area (Å²) in [7, 11) is 3.23. The summed E-state index contributed by atoms with van der Waals surface area (Å²) in [5.41, 5.74) is 3.74. The van der Waals surface area contributed by atoms with Gasteiger partial charge in [0, 0.05) is 12.2 Å². The van der Waals surface area contributed by atoms with Crippen molar-refractivity contribution in [2.24, 2.45) is 0 Å². The highest BCUT2D eigenvalue weighted by molar-refractivity contribution is 6.42. The summed E-state index contributed by atoms with van der Waals surface area (Å²) in [5.74, 6) is 1.32. The second-order valence-electron chi connectivity index (χ2n) is 7.22. The third-order valence-corrected chi connectivity index (χ3v) is 6.16. The standard InChI is InChI=1S/C24H22Cl2N2O3/c1-30-21-12-16-10-11-28(24(29)27-17-8-9-19(25)20(26)13-17)23(15-6-4-3-5-7-15)18(16)14-22(21)31-2/h3-9,12-14,23H,10-11H2,1-2H3,(H,27,29). The summed E-state index contributed by atoms with van der Waals surface area (Å²) < 4.78 is 11.0. The Morgan fingerprint density at radius 2 is 1.68 bits per heavy atom. The summed E-state index contributed by atoms with van der Waals surface area (Å²) in [6.07, 6.45) is 0.702.